The topological polar surface area (TPSA) is 85.1 Å². The predicted octanol–water partition coefficient (Wildman–Crippen LogP) is 5.58. The van der Waals surface area contributed by atoms with Gasteiger partial charge < -0.3 is 5.11 Å². The molecule has 39 heavy (non-hydrogen) atoms. The minimum atomic E-state index is -3.38. The van der Waals surface area contributed by atoms with Crippen LogP contribution in [-0.2, 0) is 29.1 Å². The molecule has 6 nitrogen and oxygen atoms in total. The van der Waals surface area contributed by atoms with Gasteiger partial charge in [0.05, 0.1) is 27.7 Å². The Morgan fingerprint density at radius 1 is 1.10 bits per heavy atom. The van der Waals surface area contributed by atoms with E-state index in [1.807, 2.05) is 19.1 Å². The Balaban J connectivity index is 1.93. The molecular weight excluding hydrogens is 544 g/mol. The van der Waals surface area contributed by atoms with Crippen molar-refractivity contribution >= 4 is 32.3 Å². The van der Waals surface area contributed by atoms with E-state index in [0.29, 0.717) is 56.1 Å². The molecule has 0 saturated heterocycles. The number of benzene rings is 2. The third-order valence-corrected chi connectivity index (χ3v) is 7.16. The van der Waals surface area contributed by atoms with E-state index in [9.17, 15) is 22.3 Å². The standard InChI is InChI=1S/C29H28ClF2N3O3S/c1-17(12-18-13-19(31)15-20(32)14-18)27-22(7-6-21(33-27)10-11-29(2,3)36)23-8-9-24(30)26-25(16-39(5,37)38)34-35(4)28(23)26/h6-9,13-15,17,36H,12,16H2,1-5H3/t17-/m0/s1. The van der Waals surface area contributed by atoms with Crippen LogP contribution in [0.3, 0.4) is 0 Å². The molecule has 204 valence electrons. The van der Waals surface area contributed by atoms with Crippen molar-refractivity contribution in [2.75, 3.05) is 6.26 Å². The molecule has 0 aliphatic heterocycles. The highest BCUT2D eigenvalue weighted by Crippen LogP contribution is 2.38. The van der Waals surface area contributed by atoms with Crippen LogP contribution in [0.15, 0.2) is 42.5 Å². The highest BCUT2D eigenvalue weighted by Gasteiger charge is 2.23. The number of aliphatic hydroxyl groups is 1. The van der Waals surface area contributed by atoms with Crippen molar-refractivity contribution in [3.63, 3.8) is 0 Å². The molecule has 4 rings (SSSR count). The van der Waals surface area contributed by atoms with Gasteiger partial charge in [0.2, 0.25) is 0 Å². The summed E-state index contributed by atoms with van der Waals surface area (Å²) in [5.41, 5.74) is 2.67. The van der Waals surface area contributed by atoms with Crippen molar-refractivity contribution < 1.29 is 22.3 Å². The van der Waals surface area contributed by atoms with Crippen LogP contribution in [0.25, 0.3) is 22.0 Å². The highest BCUT2D eigenvalue weighted by molar-refractivity contribution is 7.89. The molecule has 4 aromatic rings. The van der Waals surface area contributed by atoms with E-state index in [0.717, 1.165) is 12.3 Å². The molecule has 0 amide bonds. The van der Waals surface area contributed by atoms with Gasteiger partial charge in [0, 0.05) is 41.8 Å². The number of nitrogens with zero attached hydrogens (tertiary/aromatic N) is 3. The first-order valence-electron chi connectivity index (χ1n) is 12.1. The number of hydrogen-bond acceptors (Lipinski definition) is 5. The number of hydrogen-bond donors (Lipinski definition) is 1. The molecule has 2 aromatic carbocycles. The smallest absolute Gasteiger partial charge is 0.153 e. The van der Waals surface area contributed by atoms with Crippen LogP contribution in [0.2, 0.25) is 5.02 Å². The first kappa shape index (κ1) is 28.7. The molecule has 2 heterocycles. The van der Waals surface area contributed by atoms with E-state index in [1.54, 1.807) is 37.7 Å². The van der Waals surface area contributed by atoms with E-state index < -0.39 is 27.1 Å². The summed E-state index contributed by atoms with van der Waals surface area (Å²) in [5.74, 6) is 3.74. The van der Waals surface area contributed by atoms with Crippen LogP contribution >= 0.6 is 11.6 Å². The molecule has 10 heteroatoms. The average molecular weight is 572 g/mol. The lowest BCUT2D eigenvalue weighted by molar-refractivity contribution is 0.143. The maximum absolute atomic E-state index is 13.9. The lowest BCUT2D eigenvalue weighted by Gasteiger charge is -2.18. The van der Waals surface area contributed by atoms with Gasteiger partial charge in [-0.25, -0.2) is 22.2 Å². The molecular formula is C29H28ClF2N3O3S. The molecule has 0 spiro atoms. The molecule has 0 saturated carbocycles. The maximum Gasteiger partial charge on any atom is 0.153 e. The molecule has 0 aliphatic rings. The number of rotatable bonds is 6. The van der Waals surface area contributed by atoms with Crippen LogP contribution in [0, 0.1) is 23.5 Å². The summed E-state index contributed by atoms with van der Waals surface area (Å²) in [6.45, 7) is 5.03. The van der Waals surface area contributed by atoms with E-state index in [1.165, 1.54) is 12.1 Å². The summed E-state index contributed by atoms with van der Waals surface area (Å²) >= 11 is 6.54. The molecule has 0 unspecified atom stereocenters. The second kappa shape index (κ2) is 10.7. The van der Waals surface area contributed by atoms with Gasteiger partial charge in [-0.05, 0) is 62.1 Å². The zero-order chi connectivity index (χ0) is 28.7. The number of sulfone groups is 1. The molecule has 2 aromatic heterocycles. The van der Waals surface area contributed by atoms with Crippen molar-refractivity contribution in [3.05, 3.63) is 81.8 Å². The number of halogens is 3. The van der Waals surface area contributed by atoms with Crippen molar-refractivity contribution in [3.8, 4) is 23.0 Å². The Morgan fingerprint density at radius 3 is 2.36 bits per heavy atom. The number of fused-ring (bicyclic) bond motifs is 1. The number of pyridine rings is 1. The van der Waals surface area contributed by atoms with Gasteiger partial charge in [-0.2, -0.15) is 5.10 Å². The molecule has 1 N–H and O–H groups in total. The van der Waals surface area contributed by atoms with E-state index in [-0.39, 0.29) is 11.7 Å². The molecule has 0 radical (unpaired) electrons. The summed E-state index contributed by atoms with van der Waals surface area (Å²) in [5, 5.41) is 15.4. The second-order valence-electron chi connectivity index (χ2n) is 10.3. The summed E-state index contributed by atoms with van der Waals surface area (Å²) < 4.78 is 53.6. The largest absolute Gasteiger partial charge is 0.378 e. The fraction of sp³-hybridized carbons (Fsp3) is 0.310. The SMILES string of the molecule is C[C@@H](Cc1cc(F)cc(F)c1)c1nc(C#CC(C)(C)O)ccc1-c1ccc(Cl)c2c(CS(C)(=O)=O)nn(C)c12. The Bertz CT molecular complexity index is 1730. The van der Waals surface area contributed by atoms with Gasteiger partial charge in [0.1, 0.15) is 22.9 Å². The van der Waals surface area contributed by atoms with Crippen molar-refractivity contribution in [2.24, 2.45) is 7.05 Å². The first-order valence-corrected chi connectivity index (χ1v) is 14.6. The van der Waals surface area contributed by atoms with Gasteiger partial charge in [-0.1, -0.05) is 30.5 Å². The normalized spacial score (nSPS) is 12.8. The number of aryl methyl sites for hydroxylation is 1. The highest BCUT2D eigenvalue weighted by atomic mass is 35.5. The maximum atomic E-state index is 13.9. The van der Waals surface area contributed by atoms with E-state index in [2.05, 4.69) is 16.9 Å². The average Bonchev–Trinajstić information content (AvgIpc) is 3.12. The van der Waals surface area contributed by atoms with Gasteiger partial charge in [0.25, 0.3) is 0 Å². The lowest BCUT2D eigenvalue weighted by atomic mass is 9.90. The Hall–Kier alpha value is -3.32. The van der Waals surface area contributed by atoms with Crippen LogP contribution in [0.4, 0.5) is 8.78 Å². The van der Waals surface area contributed by atoms with Crippen LogP contribution in [0.5, 0.6) is 0 Å². The Labute approximate surface area is 231 Å². The van der Waals surface area contributed by atoms with Crippen molar-refractivity contribution in [1.29, 1.82) is 0 Å². The first-order chi connectivity index (χ1) is 18.1. The Morgan fingerprint density at radius 2 is 1.74 bits per heavy atom. The fourth-order valence-electron chi connectivity index (χ4n) is 4.57. The van der Waals surface area contributed by atoms with Crippen LogP contribution in [-0.4, -0.2) is 40.1 Å². The zero-order valence-corrected chi connectivity index (χ0v) is 23.8. The monoisotopic (exact) mass is 571 g/mol. The van der Waals surface area contributed by atoms with E-state index >= 15 is 0 Å². The van der Waals surface area contributed by atoms with Crippen LogP contribution in [0.1, 0.15) is 49.3 Å². The minimum absolute atomic E-state index is 0.272. The molecule has 0 fully saturated rings. The summed E-state index contributed by atoms with van der Waals surface area (Å²) in [4.78, 5) is 4.79. The summed E-state index contributed by atoms with van der Waals surface area (Å²) in [7, 11) is -1.67. The molecule has 1 atom stereocenters. The van der Waals surface area contributed by atoms with Gasteiger partial charge in [-0.3, -0.25) is 4.68 Å². The lowest BCUT2D eigenvalue weighted by Crippen LogP contribution is -2.14. The zero-order valence-electron chi connectivity index (χ0n) is 22.2. The summed E-state index contributed by atoms with van der Waals surface area (Å²) in [6, 6.07) is 10.5. The third-order valence-electron chi connectivity index (χ3n) is 6.05. The van der Waals surface area contributed by atoms with E-state index in [4.69, 9.17) is 16.6 Å². The second-order valence-corrected chi connectivity index (χ2v) is 12.8. The van der Waals surface area contributed by atoms with Gasteiger partial charge in [-0.15, -0.1) is 0 Å². The fourth-order valence-corrected chi connectivity index (χ4v) is 5.53. The Kier molecular flexibility index (Phi) is 7.86. The van der Waals surface area contributed by atoms with Gasteiger partial charge >= 0.3 is 0 Å². The van der Waals surface area contributed by atoms with Crippen molar-refractivity contribution in [2.45, 2.75) is 44.5 Å². The van der Waals surface area contributed by atoms with Crippen molar-refractivity contribution in [1.82, 2.24) is 14.8 Å². The quantitative estimate of drug-likeness (QED) is 0.305. The summed E-state index contributed by atoms with van der Waals surface area (Å²) in [6.07, 6.45) is 1.43. The van der Waals surface area contributed by atoms with Crippen LogP contribution < -0.4 is 0 Å². The predicted molar refractivity (Wildman–Crippen MR) is 149 cm³/mol. The number of aromatic nitrogens is 3. The van der Waals surface area contributed by atoms with Gasteiger partial charge in [0.15, 0.2) is 9.84 Å². The third kappa shape index (κ3) is 6.82. The molecule has 0 bridgehead atoms. The molecule has 0 aliphatic carbocycles. The minimum Gasteiger partial charge on any atom is -0.378 e.